The van der Waals surface area contributed by atoms with Crippen molar-refractivity contribution in [2.75, 3.05) is 7.11 Å². The number of pyridine rings is 1. The summed E-state index contributed by atoms with van der Waals surface area (Å²) in [4.78, 5) is 4.97. The van der Waals surface area contributed by atoms with Crippen molar-refractivity contribution in [2.24, 2.45) is 0 Å². The van der Waals surface area contributed by atoms with Gasteiger partial charge in [0, 0.05) is 32.0 Å². The van der Waals surface area contributed by atoms with Crippen LogP contribution in [0.5, 0.6) is 0 Å². The zero-order chi connectivity index (χ0) is 10.1. The van der Waals surface area contributed by atoms with Gasteiger partial charge in [0.2, 0.25) is 5.58 Å². The van der Waals surface area contributed by atoms with Crippen LogP contribution in [0, 0.1) is 5.82 Å². The number of fused-ring (bicyclic) bond motifs is 1. The molecule has 2 heterocycles. The molecule has 3 nitrogen and oxygen atoms in total. The lowest BCUT2D eigenvalue weighted by molar-refractivity contribution is -0.866. The van der Waals surface area contributed by atoms with E-state index in [-0.39, 0.29) is 0 Å². The van der Waals surface area contributed by atoms with Gasteiger partial charge < -0.3 is 4.42 Å². The molecule has 0 fully saturated rings. The fourth-order valence-corrected chi connectivity index (χ4v) is 2.11. The third-order valence-electron chi connectivity index (χ3n) is 1.74. The van der Waals surface area contributed by atoms with Crippen LogP contribution in [0.3, 0.4) is 0 Å². The molecule has 0 bridgehead atoms. The molecule has 0 amide bonds. The predicted octanol–water partition coefficient (Wildman–Crippen LogP) is 2.36. The molecule has 0 aromatic carbocycles. The van der Waals surface area contributed by atoms with E-state index in [1.165, 1.54) is 33.0 Å². The van der Waals surface area contributed by atoms with Crippen LogP contribution in [0.4, 0.5) is 4.39 Å². The quantitative estimate of drug-likeness (QED) is 0.626. The molecule has 2 rings (SSSR count). The molecule has 0 aliphatic rings. The lowest BCUT2D eigenvalue weighted by Crippen LogP contribution is -2.40. The molecule has 0 saturated carbocycles. The maximum absolute atomic E-state index is 13.0. The molecular weight excluding hydrogens is 320 g/mol. The SMILES string of the molecule is CO[n+]1cc(F)cc2oc(SI)cc21. The van der Waals surface area contributed by atoms with Crippen molar-refractivity contribution in [3.8, 4) is 0 Å². The van der Waals surface area contributed by atoms with E-state index in [0.717, 1.165) is 5.09 Å². The van der Waals surface area contributed by atoms with E-state index < -0.39 is 5.82 Å². The van der Waals surface area contributed by atoms with Gasteiger partial charge >= 0.3 is 5.52 Å². The Morgan fingerprint density at radius 1 is 1.57 bits per heavy atom. The van der Waals surface area contributed by atoms with Crippen molar-refractivity contribution >= 4 is 41.2 Å². The first-order valence-corrected chi connectivity index (χ1v) is 7.08. The summed E-state index contributed by atoms with van der Waals surface area (Å²) in [6, 6.07) is 3.14. The number of hydrogen-bond acceptors (Lipinski definition) is 3. The number of rotatable bonds is 2. The smallest absolute Gasteiger partial charge is 0.304 e. The third kappa shape index (κ3) is 1.68. The molecule has 0 aliphatic heterocycles. The lowest BCUT2D eigenvalue weighted by Gasteiger charge is -1.91. The second kappa shape index (κ2) is 3.93. The minimum atomic E-state index is -0.390. The van der Waals surface area contributed by atoms with E-state index in [1.54, 1.807) is 6.07 Å². The van der Waals surface area contributed by atoms with Crippen molar-refractivity contribution in [3.63, 3.8) is 0 Å². The number of furan rings is 1. The van der Waals surface area contributed by atoms with Crippen LogP contribution in [-0.4, -0.2) is 7.11 Å². The van der Waals surface area contributed by atoms with Crippen molar-refractivity contribution in [3.05, 3.63) is 24.1 Å². The van der Waals surface area contributed by atoms with Crippen LogP contribution in [0.15, 0.2) is 27.8 Å². The summed E-state index contributed by atoms with van der Waals surface area (Å²) in [5.74, 6) is -0.390. The van der Waals surface area contributed by atoms with Crippen LogP contribution in [0.25, 0.3) is 11.1 Å². The molecule has 0 saturated heterocycles. The Balaban J connectivity index is 2.71. The molecule has 6 heteroatoms. The highest BCUT2D eigenvalue weighted by Crippen LogP contribution is 2.29. The Morgan fingerprint density at radius 3 is 3.00 bits per heavy atom. The van der Waals surface area contributed by atoms with Gasteiger partial charge in [-0.3, -0.25) is 4.84 Å². The van der Waals surface area contributed by atoms with Crippen molar-refractivity contribution in [2.45, 2.75) is 5.09 Å². The van der Waals surface area contributed by atoms with Gasteiger partial charge in [0.25, 0.3) is 6.20 Å². The molecule has 0 spiro atoms. The highest BCUT2D eigenvalue weighted by molar-refractivity contribution is 14.2. The maximum Gasteiger partial charge on any atom is 0.304 e. The molecule has 0 unspecified atom stereocenters. The Kier molecular flexibility index (Phi) is 2.82. The summed E-state index contributed by atoms with van der Waals surface area (Å²) >= 11 is 2.10. The average Bonchev–Trinajstić information content (AvgIpc) is 2.59. The lowest BCUT2D eigenvalue weighted by atomic mass is 10.4. The van der Waals surface area contributed by atoms with E-state index >= 15 is 0 Å². The molecule has 2 aromatic heterocycles. The molecular formula is C8H6FINO2S+. The zero-order valence-corrected chi connectivity index (χ0v) is 10.1. The van der Waals surface area contributed by atoms with Gasteiger partial charge in [-0.05, 0) is 8.93 Å². The van der Waals surface area contributed by atoms with Crippen molar-refractivity contribution < 1.29 is 18.4 Å². The van der Waals surface area contributed by atoms with Crippen LogP contribution in [0.2, 0.25) is 0 Å². The highest BCUT2D eigenvalue weighted by atomic mass is 127. The van der Waals surface area contributed by atoms with Crippen LogP contribution < -0.4 is 9.57 Å². The zero-order valence-electron chi connectivity index (χ0n) is 7.16. The standard InChI is InChI=1S/C8H6FINO2S/c1-12-11-4-5(9)2-7-6(11)3-8(13-7)14-10/h2-4H,1H3/q+1. The van der Waals surface area contributed by atoms with Gasteiger partial charge in [0.1, 0.15) is 7.11 Å². The highest BCUT2D eigenvalue weighted by Gasteiger charge is 2.17. The van der Waals surface area contributed by atoms with Gasteiger partial charge in [-0.2, -0.15) is 0 Å². The van der Waals surface area contributed by atoms with Crippen molar-refractivity contribution in [1.29, 1.82) is 0 Å². The van der Waals surface area contributed by atoms with Gasteiger partial charge in [0.15, 0.2) is 10.9 Å². The summed E-state index contributed by atoms with van der Waals surface area (Å²) < 4.78 is 19.7. The minimum Gasteiger partial charge on any atom is -0.442 e. The largest absolute Gasteiger partial charge is 0.442 e. The fraction of sp³-hybridized carbons (Fsp3) is 0.125. The Bertz CT molecular complexity index is 474. The van der Waals surface area contributed by atoms with E-state index in [0.29, 0.717) is 11.1 Å². The van der Waals surface area contributed by atoms with Gasteiger partial charge in [-0.1, -0.05) is 0 Å². The molecule has 14 heavy (non-hydrogen) atoms. The Morgan fingerprint density at radius 2 is 2.36 bits per heavy atom. The van der Waals surface area contributed by atoms with E-state index in [4.69, 9.17) is 9.25 Å². The van der Waals surface area contributed by atoms with Gasteiger partial charge in [-0.25, -0.2) is 4.39 Å². The molecule has 0 atom stereocenters. The van der Waals surface area contributed by atoms with E-state index in [2.05, 4.69) is 21.2 Å². The summed E-state index contributed by atoms with van der Waals surface area (Å²) in [5, 5.41) is 0.719. The average molecular weight is 326 g/mol. The predicted molar refractivity (Wildman–Crippen MR) is 58.7 cm³/mol. The second-order valence-electron chi connectivity index (χ2n) is 2.56. The minimum absolute atomic E-state index is 0.390. The molecule has 74 valence electrons. The number of nitrogens with zero attached hydrogens (tertiary/aromatic N) is 1. The summed E-state index contributed by atoms with van der Waals surface area (Å²) in [6.45, 7) is 0. The van der Waals surface area contributed by atoms with Crippen LogP contribution >= 0.6 is 30.1 Å². The van der Waals surface area contributed by atoms with Gasteiger partial charge in [-0.15, -0.1) is 0 Å². The third-order valence-corrected chi connectivity index (χ3v) is 3.39. The summed E-state index contributed by atoms with van der Waals surface area (Å²) in [6.07, 6.45) is 1.26. The number of aromatic nitrogens is 1. The number of hydrogen-bond donors (Lipinski definition) is 0. The Labute approximate surface area is 95.8 Å². The summed E-state index contributed by atoms with van der Waals surface area (Å²) in [5.41, 5.74) is 1.19. The van der Waals surface area contributed by atoms with Crippen LogP contribution in [0.1, 0.15) is 0 Å². The normalized spacial score (nSPS) is 10.8. The summed E-state index contributed by atoms with van der Waals surface area (Å²) in [7, 11) is 2.91. The fourth-order valence-electron chi connectivity index (χ4n) is 1.18. The van der Waals surface area contributed by atoms with Gasteiger partial charge in [0.05, 0.1) is 6.07 Å². The molecule has 0 N–H and O–H groups in total. The van der Waals surface area contributed by atoms with Crippen LogP contribution in [-0.2, 0) is 0 Å². The maximum atomic E-state index is 13.0. The number of halogens is 2. The first kappa shape index (κ1) is 10.0. The second-order valence-corrected chi connectivity index (χ2v) is 4.44. The molecule has 0 radical (unpaired) electrons. The van der Waals surface area contributed by atoms with E-state index in [1.807, 2.05) is 0 Å². The van der Waals surface area contributed by atoms with Crippen molar-refractivity contribution in [1.82, 2.24) is 0 Å². The first-order valence-electron chi connectivity index (χ1n) is 3.72. The Hall–Kier alpha value is -0.500. The topological polar surface area (TPSA) is 26.2 Å². The first-order chi connectivity index (χ1) is 6.74. The van der Waals surface area contributed by atoms with E-state index in [9.17, 15) is 4.39 Å². The monoisotopic (exact) mass is 326 g/mol. The molecule has 0 aliphatic carbocycles. The molecule has 2 aromatic rings.